The van der Waals surface area contributed by atoms with Gasteiger partial charge in [0, 0.05) is 56.1 Å². The maximum atomic E-state index is 6.35. The molecule has 0 N–H and O–H groups in total. The molecule has 0 amide bonds. The topological polar surface area (TPSA) is 34.2 Å². The Labute approximate surface area is 317 Å². The van der Waals surface area contributed by atoms with Crippen LogP contribution in [0.15, 0.2) is 205 Å². The molecule has 11 rings (SSSR count). The molecule has 0 unspecified atom stereocenters. The minimum absolute atomic E-state index is 0.795. The number of pyridine rings is 1. The molecule has 0 aliphatic carbocycles. The molecular formula is C51H33N3O. The van der Waals surface area contributed by atoms with E-state index in [1.807, 2.05) is 12.3 Å². The van der Waals surface area contributed by atoms with E-state index in [1.54, 1.807) is 6.20 Å². The van der Waals surface area contributed by atoms with Crippen molar-refractivity contribution in [3.05, 3.63) is 200 Å². The Morgan fingerprint density at radius 2 is 0.945 bits per heavy atom. The van der Waals surface area contributed by atoms with Gasteiger partial charge in [-0.25, -0.2) is 0 Å². The molecule has 0 radical (unpaired) electrons. The Bertz CT molecular complexity index is 3130. The third-order valence-electron chi connectivity index (χ3n) is 10.9. The maximum Gasteiger partial charge on any atom is 0.153 e. The zero-order chi connectivity index (χ0) is 36.3. The molecule has 0 aliphatic rings. The summed E-state index contributed by atoms with van der Waals surface area (Å²) in [6, 6.07) is 67.4. The summed E-state index contributed by atoms with van der Waals surface area (Å²) in [6.45, 7) is 0. The van der Waals surface area contributed by atoms with E-state index in [9.17, 15) is 0 Å². The van der Waals surface area contributed by atoms with Gasteiger partial charge in [0.15, 0.2) is 5.58 Å². The first-order chi connectivity index (χ1) is 27.3. The number of rotatable bonds is 6. The van der Waals surface area contributed by atoms with Crippen molar-refractivity contribution < 1.29 is 4.42 Å². The largest absolute Gasteiger partial charge is 0.454 e. The Balaban J connectivity index is 1.02. The summed E-state index contributed by atoms with van der Waals surface area (Å²) in [6.07, 6.45) is 3.61. The molecule has 0 fully saturated rings. The molecule has 3 heterocycles. The number of hydrogen-bond donors (Lipinski definition) is 0. The summed E-state index contributed by atoms with van der Waals surface area (Å²) in [5.41, 5.74) is 13.0. The lowest BCUT2D eigenvalue weighted by Gasteiger charge is -2.26. The lowest BCUT2D eigenvalue weighted by Crippen LogP contribution is -2.10. The quantitative estimate of drug-likeness (QED) is 0.173. The Morgan fingerprint density at radius 3 is 1.64 bits per heavy atom. The number of fused-ring (bicyclic) bond motifs is 7. The summed E-state index contributed by atoms with van der Waals surface area (Å²) >= 11 is 0. The van der Waals surface area contributed by atoms with Gasteiger partial charge in [-0.15, -0.1) is 0 Å². The maximum absolute atomic E-state index is 6.35. The molecule has 4 nitrogen and oxygen atoms in total. The van der Waals surface area contributed by atoms with Crippen molar-refractivity contribution in [1.82, 2.24) is 9.55 Å². The van der Waals surface area contributed by atoms with Gasteiger partial charge >= 0.3 is 0 Å². The van der Waals surface area contributed by atoms with Crippen molar-refractivity contribution in [3.8, 4) is 27.9 Å². The average molecular weight is 704 g/mol. The molecule has 11 aromatic rings. The Morgan fingerprint density at radius 1 is 0.418 bits per heavy atom. The summed E-state index contributed by atoms with van der Waals surface area (Å²) in [4.78, 5) is 6.61. The molecule has 4 heteroatoms. The minimum atomic E-state index is 0.795. The average Bonchev–Trinajstić information content (AvgIpc) is 3.81. The van der Waals surface area contributed by atoms with Crippen LogP contribution in [-0.4, -0.2) is 9.55 Å². The molecule has 8 aromatic carbocycles. The minimum Gasteiger partial charge on any atom is -0.454 e. The van der Waals surface area contributed by atoms with E-state index in [1.165, 1.54) is 43.7 Å². The van der Waals surface area contributed by atoms with Gasteiger partial charge in [0.1, 0.15) is 5.58 Å². The lowest BCUT2D eigenvalue weighted by molar-refractivity contribution is 0.668. The normalized spacial score (nSPS) is 11.6. The first-order valence-corrected chi connectivity index (χ1v) is 18.6. The predicted octanol–water partition coefficient (Wildman–Crippen LogP) is 14.0. The molecular weight excluding hydrogens is 671 g/mol. The molecule has 55 heavy (non-hydrogen) atoms. The van der Waals surface area contributed by atoms with Crippen LogP contribution in [0.5, 0.6) is 0 Å². The van der Waals surface area contributed by atoms with E-state index in [2.05, 4.69) is 196 Å². The molecule has 0 spiro atoms. The van der Waals surface area contributed by atoms with Crippen LogP contribution in [0.25, 0.3) is 82.5 Å². The number of anilines is 3. The number of nitrogens with zero attached hydrogens (tertiary/aromatic N) is 3. The fourth-order valence-electron chi connectivity index (χ4n) is 8.34. The molecule has 0 aliphatic heterocycles. The van der Waals surface area contributed by atoms with Gasteiger partial charge in [-0.3, -0.25) is 4.98 Å². The van der Waals surface area contributed by atoms with Crippen LogP contribution in [0.2, 0.25) is 0 Å². The number of benzene rings is 8. The van der Waals surface area contributed by atoms with Crippen LogP contribution in [0, 0.1) is 0 Å². The predicted molar refractivity (Wildman–Crippen MR) is 229 cm³/mol. The highest BCUT2D eigenvalue weighted by molar-refractivity contribution is 6.10. The summed E-state index contributed by atoms with van der Waals surface area (Å²) < 4.78 is 8.71. The number of para-hydroxylation sites is 3. The zero-order valence-electron chi connectivity index (χ0n) is 29.8. The van der Waals surface area contributed by atoms with Crippen molar-refractivity contribution in [2.45, 2.75) is 0 Å². The lowest BCUT2D eigenvalue weighted by atomic mass is 9.98. The number of hydrogen-bond acceptors (Lipinski definition) is 3. The van der Waals surface area contributed by atoms with Crippen LogP contribution in [0.3, 0.4) is 0 Å². The fraction of sp³-hybridized carbons (Fsp3) is 0. The second-order valence-electron chi connectivity index (χ2n) is 14.0. The van der Waals surface area contributed by atoms with Crippen LogP contribution < -0.4 is 4.90 Å². The Kier molecular flexibility index (Phi) is 7.14. The third kappa shape index (κ3) is 5.11. The van der Waals surface area contributed by atoms with E-state index >= 15 is 0 Å². The zero-order valence-corrected chi connectivity index (χ0v) is 29.8. The highest BCUT2D eigenvalue weighted by Crippen LogP contribution is 2.41. The monoisotopic (exact) mass is 703 g/mol. The van der Waals surface area contributed by atoms with Crippen LogP contribution in [0.1, 0.15) is 0 Å². The van der Waals surface area contributed by atoms with E-state index in [0.717, 1.165) is 55.8 Å². The molecule has 258 valence electrons. The van der Waals surface area contributed by atoms with E-state index in [0.29, 0.717) is 0 Å². The van der Waals surface area contributed by atoms with Crippen molar-refractivity contribution in [1.29, 1.82) is 0 Å². The van der Waals surface area contributed by atoms with Gasteiger partial charge in [0.25, 0.3) is 0 Å². The van der Waals surface area contributed by atoms with Crippen LogP contribution in [0.4, 0.5) is 17.1 Å². The highest BCUT2D eigenvalue weighted by atomic mass is 16.3. The van der Waals surface area contributed by atoms with Gasteiger partial charge in [-0.05, 0) is 94.2 Å². The van der Waals surface area contributed by atoms with E-state index in [4.69, 9.17) is 4.42 Å². The first kappa shape index (κ1) is 31.1. The third-order valence-corrected chi connectivity index (χ3v) is 10.9. The highest BCUT2D eigenvalue weighted by Gasteiger charge is 2.17. The van der Waals surface area contributed by atoms with Crippen LogP contribution >= 0.6 is 0 Å². The van der Waals surface area contributed by atoms with Gasteiger partial charge < -0.3 is 13.9 Å². The van der Waals surface area contributed by atoms with E-state index < -0.39 is 0 Å². The molecule has 3 aromatic heterocycles. The molecule has 0 bridgehead atoms. The van der Waals surface area contributed by atoms with Crippen molar-refractivity contribution in [2.24, 2.45) is 0 Å². The second kappa shape index (κ2) is 12.6. The smallest absolute Gasteiger partial charge is 0.153 e. The fourth-order valence-corrected chi connectivity index (χ4v) is 8.34. The number of furan rings is 1. The van der Waals surface area contributed by atoms with Crippen molar-refractivity contribution in [3.63, 3.8) is 0 Å². The van der Waals surface area contributed by atoms with Gasteiger partial charge in [-0.1, -0.05) is 121 Å². The summed E-state index contributed by atoms with van der Waals surface area (Å²) in [7, 11) is 0. The summed E-state index contributed by atoms with van der Waals surface area (Å²) in [5.74, 6) is 0. The van der Waals surface area contributed by atoms with Gasteiger partial charge in [0.2, 0.25) is 0 Å². The van der Waals surface area contributed by atoms with Crippen LogP contribution in [-0.2, 0) is 0 Å². The Hall–Kier alpha value is -7.43. The molecule has 0 saturated heterocycles. The number of aromatic nitrogens is 2. The SMILES string of the molecule is c1ccc2c(-c3ccc(N(c4ccc(-c5cccc6c5oc5cnccc56)cc4)c4ccc(-n5c6ccccc6c6ccccc65)cc4)cc3)cccc2c1. The first-order valence-electron chi connectivity index (χ1n) is 18.6. The van der Waals surface area contributed by atoms with Gasteiger partial charge in [-0.2, -0.15) is 0 Å². The van der Waals surface area contributed by atoms with Crippen molar-refractivity contribution >= 4 is 71.6 Å². The van der Waals surface area contributed by atoms with E-state index in [-0.39, 0.29) is 0 Å². The summed E-state index contributed by atoms with van der Waals surface area (Å²) in [5, 5.41) is 7.17. The van der Waals surface area contributed by atoms with Gasteiger partial charge in [0.05, 0.1) is 17.2 Å². The van der Waals surface area contributed by atoms with Crippen molar-refractivity contribution in [2.75, 3.05) is 4.90 Å². The molecule has 0 atom stereocenters. The standard InChI is InChI=1S/C51H33N3O/c1-2-11-41-34(9-1)10-7-14-42(41)35-19-23-37(24-20-35)53(38-25-21-36(22-26-38)43-15-8-16-47-46-31-32-52-33-50(46)55-51(43)47)39-27-29-40(30-28-39)54-48-17-5-3-12-44(48)45-13-4-6-18-49(45)54/h1-33H. The second-order valence-corrected chi connectivity index (χ2v) is 14.0. The molecule has 0 saturated carbocycles.